The van der Waals surface area contributed by atoms with Crippen LogP contribution < -0.4 is 10.3 Å². The predicted molar refractivity (Wildman–Crippen MR) is 149 cm³/mol. The van der Waals surface area contributed by atoms with Gasteiger partial charge in [-0.1, -0.05) is 20.3 Å². The average molecular weight is 591 g/mol. The van der Waals surface area contributed by atoms with E-state index in [-0.39, 0.29) is 30.4 Å². The van der Waals surface area contributed by atoms with Crippen molar-refractivity contribution in [2.24, 2.45) is 0 Å². The van der Waals surface area contributed by atoms with Crippen LogP contribution in [-0.2, 0) is 27.7 Å². The van der Waals surface area contributed by atoms with Crippen molar-refractivity contribution in [2.45, 2.75) is 44.9 Å². The van der Waals surface area contributed by atoms with Crippen molar-refractivity contribution >= 4 is 21.8 Å². The Kier molecular flexibility index (Phi) is 9.40. The van der Waals surface area contributed by atoms with E-state index < -0.39 is 20.7 Å². The van der Waals surface area contributed by atoms with Gasteiger partial charge in [-0.3, -0.25) is 14.5 Å². The summed E-state index contributed by atoms with van der Waals surface area (Å²) >= 11 is 0. The first-order valence-electron chi connectivity index (χ1n) is 13.5. The van der Waals surface area contributed by atoms with Gasteiger partial charge >= 0.3 is 0 Å². The number of rotatable bonds is 13. The maximum Gasteiger partial charge on any atom is 0.294 e. The minimum Gasteiger partial charge on any atom is -0.493 e. The van der Waals surface area contributed by atoms with Crippen molar-refractivity contribution in [3.63, 3.8) is 0 Å². The molecule has 4 rings (SSSR count). The Morgan fingerprint density at radius 3 is 2.51 bits per heavy atom. The Morgan fingerprint density at radius 2 is 1.90 bits per heavy atom. The maximum atomic E-state index is 13.6. The van der Waals surface area contributed by atoms with Gasteiger partial charge in [0.1, 0.15) is 17.9 Å². The van der Waals surface area contributed by atoms with Gasteiger partial charge in [0.15, 0.2) is 12.1 Å². The van der Waals surface area contributed by atoms with E-state index in [1.807, 2.05) is 18.7 Å². The fraction of sp³-hybridized carbons (Fsp3) is 0.500. The van der Waals surface area contributed by atoms with Crippen molar-refractivity contribution in [1.82, 2.24) is 23.8 Å². The molecule has 0 atom stereocenters. The van der Waals surface area contributed by atoms with Gasteiger partial charge in [-0.15, -0.1) is 15.2 Å². The molecule has 0 bridgehead atoms. The number of aromatic amines is 1. The molecule has 15 heteroatoms. The molecule has 3 heterocycles. The fourth-order valence-corrected chi connectivity index (χ4v) is 6.58. The number of fused-ring (bicyclic) bond motifs is 1. The SMILES string of the molecule is CCCc1c(C=O)c(CC)c2c(=O)[nH]c(-c3cc(S(=O)(=O)N4CCN(CCO[N+](=O)[O-])CC4)ccc3OCC)nn12. The van der Waals surface area contributed by atoms with Crippen molar-refractivity contribution in [2.75, 3.05) is 45.9 Å². The number of aryl methyl sites for hydroxylation is 2. The molecule has 1 N–H and O–H groups in total. The standard InChI is InChI=1S/C26H34N6O8S/c1-4-7-22-21(17-33)19(5-2)24-26(34)27-25(28-31(22)24)20-16-18(8-9-23(20)39-6-3)41(37,38)30-12-10-29(11-13-30)14-15-40-32(35)36/h8-9,16-17H,4-7,10-15H2,1-3H3,(H,27,28,34). The maximum absolute atomic E-state index is 13.6. The highest BCUT2D eigenvalue weighted by atomic mass is 32.2. The molecule has 0 aliphatic carbocycles. The summed E-state index contributed by atoms with van der Waals surface area (Å²) in [7, 11) is -3.92. The number of aromatic nitrogens is 3. The fourth-order valence-electron chi connectivity index (χ4n) is 5.13. The van der Waals surface area contributed by atoms with Gasteiger partial charge in [-0.25, -0.2) is 12.9 Å². The number of sulfonamides is 1. The van der Waals surface area contributed by atoms with Crippen LogP contribution in [0.2, 0.25) is 0 Å². The highest BCUT2D eigenvalue weighted by molar-refractivity contribution is 7.89. The first-order chi connectivity index (χ1) is 19.7. The van der Waals surface area contributed by atoms with Crippen LogP contribution in [0.3, 0.4) is 0 Å². The van der Waals surface area contributed by atoms with Crippen LogP contribution in [0.5, 0.6) is 5.75 Å². The first kappa shape index (κ1) is 30.1. The molecule has 222 valence electrons. The monoisotopic (exact) mass is 590 g/mol. The minimum absolute atomic E-state index is 0.00736. The number of ether oxygens (including phenoxy) is 1. The van der Waals surface area contributed by atoms with E-state index in [0.29, 0.717) is 72.7 Å². The van der Waals surface area contributed by atoms with Gasteiger partial charge in [0.2, 0.25) is 10.0 Å². The zero-order valence-corrected chi connectivity index (χ0v) is 24.1. The van der Waals surface area contributed by atoms with E-state index in [4.69, 9.17) is 4.74 Å². The molecule has 1 aliphatic heterocycles. The normalized spacial score (nSPS) is 14.8. The summed E-state index contributed by atoms with van der Waals surface area (Å²) in [5.41, 5.74) is 1.86. The number of aldehydes is 1. The summed E-state index contributed by atoms with van der Waals surface area (Å²) < 4.78 is 35.8. The van der Waals surface area contributed by atoms with Crippen molar-refractivity contribution in [1.29, 1.82) is 0 Å². The van der Waals surface area contributed by atoms with Crippen LogP contribution in [0.4, 0.5) is 0 Å². The molecule has 3 aromatic rings. The number of hydrogen-bond donors (Lipinski definition) is 1. The van der Waals surface area contributed by atoms with E-state index in [0.717, 1.165) is 12.7 Å². The highest BCUT2D eigenvalue weighted by Gasteiger charge is 2.30. The summed E-state index contributed by atoms with van der Waals surface area (Å²) in [6.45, 7) is 7.33. The van der Waals surface area contributed by atoms with Gasteiger partial charge in [0.05, 0.1) is 22.8 Å². The van der Waals surface area contributed by atoms with Crippen molar-refractivity contribution in [3.8, 4) is 17.1 Å². The third-order valence-corrected chi connectivity index (χ3v) is 8.97. The lowest BCUT2D eigenvalue weighted by Gasteiger charge is -2.33. The summed E-state index contributed by atoms with van der Waals surface area (Å²) in [5.74, 6) is 0.464. The number of piperazine rings is 1. The molecule has 0 spiro atoms. The zero-order valence-electron chi connectivity index (χ0n) is 23.3. The average Bonchev–Trinajstić information content (AvgIpc) is 3.26. The Labute approximate surface area is 237 Å². The van der Waals surface area contributed by atoms with Crippen LogP contribution in [0.25, 0.3) is 16.9 Å². The molecular formula is C26H34N6O8S. The molecule has 0 radical (unpaired) electrons. The van der Waals surface area contributed by atoms with E-state index in [9.17, 15) is 28.1 Å². The summed E-state index contributed by atoms with van der Waals surface area (Å²) in [6.07, 6.45) is 2.49. The number of nitrogens with zero attached hydrogens (tertiary/aromatic N) is 5. The summed E-state index contributed by atoms with van der Waals surface area (Å²) in [6, 6.07) is 4.43. The number of H-pyrrole nitrogens is 1. The summed E-state index contributed by atoms with van der Waals surface area (Å²) in [4.78, 5) is 44.7. The van der Waals surface area contributed by atoms with Gasteiger partial charge in [-0.2, -0.15) is 4.31 Å². The molecule has 0 saturated carbocycles. The minimum atomic E-state index is -3.92. The van der Waals surface area contributed by atoms with E-state index in [1.54, 1.807) is 6.92 Å². The van der Waals surface area contributed by atoms with Crippen LogP contribution >= 0.6 is 0 Å². The molecule has 1 aromatic carbocycles. The van der Waals surface area contributed by atoms with Crippen LogP contribution in [0, 0.1) is 10.1 Å². The molecule has 2 aromatic heterocycles. The largest absolute Gasteiger partial charge is 0.493 e. The molecule has 0 unspecified atom stereocenters. The third kappa shape index (κ3) is 6.11. The second-order valence-corrected chi connectivity index (χ2v) is 11.5. The van der Waals surface area contributed by atoms with Crippen molar-refractivity contribution < 1.29 is 27.9 Å². The van der Waals surface area contributed by atoms with Gasteiger partial charge in [-0.05, 0) is 43.5 Å². The lowest BCUT2D eigenvalue weighted by Crippen LogP contribution is -2.49. The molecule has 14 nitrogen and oxygen atoms in total. The van der Waals surface area contributed by atoms with Crippen LogP contribution in [0.15, 0.2) is 27.9 Å². The quantitative estimate of drug-likeness (QED) is 0.176. The number of carbonyl (C=O) groups is 1. The first-order valence-corrected chi connectivity index (χ1v) is 15.0. The number of hydrogen-bond acceptors (Lipinski definition) is 10. The van der Waals surface area contributed by atoms with E-state index in [2.05, 4.69) is 14.9 Å². The Bertz CT molecular complexity index is 1590. The third-order valence-electron chi connectivity index (χ3n) is 7.07. The smallest absolute Gasteiger partial charge is 0.294 e. The summed E-state index contributed by atoms with van der Waals surface area (Å²) in [5, 5.41) is 14.2. The Morgan fingerprint density at radius 1 is 1.17 bits per heavy atom. The van der Waals surface area contributed by atoms with Gasteiger partial charge < -0.3 is 14.6 Å². The Hall–Kier alpha value is -3.82. The molecule has 1 fully saturated rings. The molecule has 0 amide bonds. The second-order valence-electron chi connectivity index (χ2n) is 9.52. The van der Waals surface area contributed by atoms with E-state index in [1.165, 1.54) is 27.0 Å². The molecule has 41 heavy (non-hydrogen) atoms. The lowest BCUT2D eigenvalue weighted by atomic mass is 10.1. The molecule has 1 aliphatic rings. The van der Waals surface area contributed by atoms with Crippen LogP contribution in [-0.4, -0.2) is 89.5 Å². The van der Waals surface area contributed by atoms with E-state index >= 15 is 0 Å². The number of nitrogens with one attached hydrogen (secondary N) is 1. The lowest BCUT2D eigenvalue weighted by molar-refractivity contribution is -0.757. The topological polar surface area (TPSA) is 169 Å². The van der Waals surface area contributed by atoms with Gasteiger partial charge in [0.25, 0.3) is 10.6 Å². The van der Waals surface area contributed by atoms with Crippen molar-refractivity contribution in [3.05, 3.63) is 55.5 Å². The molecule has 1 saturated heterocycles. The number of benzene rings is 1. The molecular weight excluding hydrogens is 556 g/mol. The second kappa shape index (κ2) is 12.8. The Balaban J connectivity index is 1.72. The number of carbonyl (C=O) groups excluding carboxylic acids is 1. The van der Waals surface area contributed by atoms with Gasteiger partial charge in [0, 0.05) is 38.3 Å². The van der Waals surface area contributed by atoms with Crippen LogP contribution in [0.1, 0.15) is 48.8 Å². The predicted octanol–water partition coefficient (Wildman–Crippen LogP) is 1.93. The highest BCUT2D eigenvalue weighted by Crippen LogP contribution is 2.32. The zero-order chi connectivity index (χ0) is 29.7.